The summed E-state index contributed by atoms with van der Waals surface area (Å²) < 4.78 is 4.94. The highest BCUT2D eigenvalue weighted by Gasteiger charge is 2.34. The molecule has 0 spiro atoms. The second-order valence-corrected chi connectivity index (χ2v) is 8.91. The van der Waals surface area contributed by atoms with E-state index in [0.717, 1.165) is 6.29 Å². The Morgan fingerprint density at radius 3 is 1.82 bits per heavy atom. The molecule has 17 heavy (non-hydrogen) atoms. The molecular weight excluding hydrogens is 233 g/mol. The Labute approximate surface area is 107 Å². The Hall–Kier alpha value is -0.300. The molecule has 102 valence electrons. The zero-order valence-electron chi connectivity index (χ0n) is 11.9. The van der Waals surface area contributed by atoms with Gasteiger partial charge in [0.15, 0.2) is 0 Å². The van der Waals surface area contributed by atoms with Gasteiger partial charge >= 0.3 is 6.09 Å². The Bertz CT molecular complexity index is 193. The van der Waals surface area contributed by atoms with Crippen molar-refractivity contribution in [1.29, 1.82) is 0 Å². The molecule has 0 aromatic rings. The van der Waals surface area contributed by atoms with Crippen LogP contribution in [0.1, 0.15) is 47.0 Å². The van der Waals surface area contributed by atoms with E-state index in [0.29, 0.717) is 6.61 Å². The van der Waals surface area contributed by atoms with Crippen molar-refractivity contribution in [3.8, 4) is 0 Å². The van der Waals surface area contributed by atoms with Crippen molar-refractivity contribution < 1.29 is 9.53 Å². The number of amides is 1. The van der Waals surface area contributed by atoms with Gasteiger partial charge in [-0.05, 0) is 26.2 Å². The van der Waals surface area contributed by atoms with E-state index in [4.69, 9.17) is 4.74 Å². The summed E-state index contributed by atoms with van der Waals surface area (Å²) in [5, 5.41) is 2.97. The van der Waals surface area contributed by atoms with Crippen LogP contribution in [-0.2, 0) is 4.74 Å². The lowest BCUT2D eigenvalue weighted by molar-refractivity contribution is 0.154. The standard InChI is InChI=1S/C13H28NO2P/c1-5-9-17(10-6-2,11-7-3)12-14-13(15)16-8-4/h5-12H2,1-4H3/p+1. The number of hydrogen-bond donors (Lipinski definition) is 1. The molecule has 0 unspecified atom stereocenters. The second kappa shape index (κ2) is 9.70. The van der Waals surface area contributed by atoms with Crippen molar-refractivity contribution in [2.24, 2.45) is 0 Å². The van der Waals surface area contributed by atoms with Crippen LogP contribution in [0.5, 0.6) is 0 Å². The van der Waals surface area contributed by atoms with Crippen LogP contribution in [-0.4, -0.2) is 37.5 Å². The zero-order chi connectivity index (χ0) is 13.1. The van der Waals surface area contributed by atoms with Crippen LogP contribution >= 0.6 is 7.26 Å². The van der Waals surface area contributed by atoms with Crippen LogP contribution in [0.25, 0.3) is 0 Å². The maximum Gasteiger partial charge on any atom is 0.409 e. The molecule has 0 fully saturated rings. The van der Waals surface area contributed by atoms with E-state index in [1.165, 1.54) is 37.7 Å². The molecule has 0 saturated carbocycles. The van der Waals surface area contributed by atoms with E-state index >= 15 is 0 Å². The second-order valence-electron chi connectivity index (χ2n) is 4.57. The fourth-order valence-electron chi connectivity index (χ4n) is 2.41. The van der Waals surface area contributed by atoms with Gasteiger partial charge in [0.2, 0.25) is 0 Å². The van der Waals surface area contributed by atoms with Crippen molar-refractivity contribution in [3.63, 3.8) is 0 Å². The molecule has 1 N–H and O–H groups in total. The van der Waals surface area contributed by atoms with Crippen LogP contribution in [0.4, 0.5) is 4.79 Å². The number of carbonyl (C=O) groups excluding carboxylic acids is 1. The van der Waals surface area contributed by atoms with Gasteiger partial charge in [0.05, 0.1) is 25.1 Å². The average Bonchev–Trinajstić information content (AvgIpc) is 2.28. The van der Waals surface area contributed by atoms with Gasteiger partial charge in [0, 0.05) is 7.26 Å². The fraction of sp³-hybridized carbons (Fsp3) is 0.923. The summed E-state index contributed by atoms with van der Waals surface area (Å²) in [6.07, 6.45) is 8.15. The van der Waals surface area contributed by atoms with E-state index in [1.54, 1.807) is 0 Å². The Kier molecular flexibility index (Phi) is 9.53. The first-order valence-electron chi connectivity index (χ1n) is 6.89. The first kappa shape index (κ1) is 16.7. The molecule has 3 nitrogen and oxygen atoms in total. The normalized spacial score (nSPS) is 11.3. The minimum atomic E-state index is -0.986. The first-order valence-corrected chi connectivity index (χ1v) is 9.42. The lowest BCUT2D eigenvalue weighted by Crippen LogP contribution is -2.29. The highest BCUT2D eigenvalue weighted by molar-refractivity contribution is 7.75. The summed E-state index contributed by atoms with van der Waals surface area (Å²) in [5.41, 5.74) is 0. The van der Waals surface area contributed by atoms with E-state index in [-0.39, 0.29) is 6.09 Å². The molecule has 0 atom stereocenters. The van der Waals surface area contributed by atoms with Gasteiger partial charge in [0.1, 0.15) is 6.29 Å². The molecule has 0 radical (unpaired) electrons. The monoisotopic (exact) mass is 262 g/mol. The molecule has 0 saturated heterocycles. The smallest absolute Gasteiger partial charge is 0.409 e. The van der Waals surface area contributed by atoms with Crippen molar-refractivity contribution in [2.75, 3.05) is 31.4 Å². The van der Waals surface area contributed by atoms with Gasteiger partial charge in [-0.3, -0.25) is 5.32 Å². The third kappa shape index (κ3) is 6.88. The highest BCUT2D eigenvalue weighted by Crippen LogP contribution is 2.59. The molecule has 0 bridgehead atoms. The van der Waals surface area contributed by atoms with E-state index in [9.17, 15) is 4.79 Å². The number of ether oxygens (including phenoxy) is 1. The van der Waals surface area contributed by atoms with Crippen molar-refractivity contribution in [2.45, 2.75) is 47.0 Å². The quantitative estimate of drug-likeness (QED) is 0.639. The zero-order valence-corrected chi connectivity index (χ0v) is 12.8. The molecule has 0 rings (SSSR count). The van der Waals surface area contributed by atoms with Crippen molar-refractivity contribution in [1.82, 2.24) is 5.32 Å². The summed E-state index contributed by atoms with van der Waals surface area (Å²) >= 11 is 0. The summed E-state index contributed by atoms with van der Waals surface area (Å²) in [4.78, 5) is 11.4. The molecule has 0 aliphatic heterocycles. The largest absolute Gasteiger partial charge is 0.450 e. The predicted octanol–water partition coefficient (Wildman–Crippen LogP) is 3.94. The van der Waals surface area contributed by atoms with Crippen molar-refractivity contribution >= 4 is 13.4 Å². The maximum absolute atomic E-state index is 11.4. The maximum atomic E-state index is 11.4. The van der Waals surface area contributed by atoms with Crippen molar-refractivity contribution in [3.05, 3.63) is 0 Å². The molecule has 0 aromatic heterocycles. The summed E-state index contributed by atoms with van der Waals surface area (Å²) in [6.45, 7) is 9.01. The van der Waals surface area contributed by atoms with Gasteiger partial charge in [-0.15, -0.1) is 0 Å². The van der Waals surface area contributed by atoms with Crippen LogP contribution < -0.4 is 5.32 Å². The third-order valence-corrected chi connectivity index (χ3v) is 7.94. The van der Waals surface area contributed by atoms with Gasteiger partial charge < -0.3 is 4.74 Å². The molecule has 0 aliphatic carbocycles. The minimum absolute atomic E-state index is 0.250. The SMILES string of the molecule is CCC[P+](CCC)(CCC)CNC(=O)OCC. The van der Waals surface area contributed by atoms with E-state index < -0.39 is 7.26 Å². The minimum Gasteiger partial charge on any atom is -0.450 e. The number of rotatable bonds is 9. The number of carbonyl (C=O) groups is 1. The van der Waals surface area contributed by atoms with E-state index in [1.807, 2.05) is 6.92 Å². The summed E-state index contributed by atoms with van der Waals surface area (Å²) in [5.74, 6) is 0. The summed E-state index contributed by atoms with van der Waals surface area (Å²) in [6, 6.07) is 0. The third-order valence-electron chi connectivity index (χ3n) is 2.93. The molecule has 4 heteroatoms. The Morgan fingerprint density at radius 2 is 1.47 bits per heavy atom. The van der Waals surface area contributed by atoms with Gasteiger partial charge in [-0.2, -0.15) is 0 Å². The predicted molar refractivity (Wildman–Crippen MR) is 77.4 cm³/mol. The van der Waals surface area contributed by atoms with Gasteiger partial charge in [-0.1, -0.05) is 20.8 Å². The highest BCUT2D eigenvalue weighted by atomic mass is 31.2. The number of nitrogens with one attached hydrogen (secondary N) is 1. The lowest BCUT2D eigenvalue weighted by atomic mass is 10.6. The van der Waals surface area contributed by atoms with Gasteiger partial charge in [0.25, 0.3) is 0 Å². The summed E-state index contributed by atoms with van der Waals surface area (Å²) in [7, 11) is -0.986. The van der Waals surface area contributed by atoms with Crippen LogP contribution in [0.15, 0.2) is 0 Å². The topological polar surface area (TPSA) is 38.3 Å². The van der Waals surface area contributed by atoms with Crippen LogP contribution in [0.2, 0.25) is 0 Å². The van der Waals surface area contributed by atoms with Gasteiger partial charge in [-0.25, -0.2) is 4.79 Å². The van der Waals surface area contributed by atoms with Crippen LogP contribution in [0.3, 0.4) is 0 Å². The first-order chi connectivity index (χ1) is 8.14. The molecule has 0 aromatic carbocycles. The van der Waals surface area contributed by atoms with E-state index in [2.05, 4.69) is 26.1 Å². The average molecular weight is 262 g/mol. The fourth-order valence-corrected chi connectivity index (χ4v) is 6.87. The molecular formula is C13H29NO2P+. The Balaban J connectivity index is 4.37. The molecule has 0 heterocycles. The number of hydrogen-bond acceptors (Lipinski definition) is 2. The van der Waals surface area contributed by atoms with Crippen LogP contribution in [0, 0.1) is 0 Å². The molecule has 1 amide bonds. The molecule has 0 aliphatic rings. The Morgan fingerprint density at radius 1 is 1.00 bits per heavy atom. The lowest BCUT2D eigenvalue weighted by Gasteiger charge is -2.26. The number of alkyl carbamates (subject to hydrolysis) is 1.